The minimum atomic E-state index is 0.439. The van der Waals surface area contributed by atoms with Gasteiger partial charge in [-0.1, -0.05) is 32.0 Å². The van der Waals surface area contributed by atoms with Crippen LogP contribution in [0.15, 0.2) is 42.6 Å². The Kier molecular flexibility index (Phi) is 3.20. The molecule has 1 aromatic heterocycles. The average Bonchev–Trinajstić information content (AvgIpc) is 2.39. The Balaban J connectivity index is 2.49. The molecule has 0 N–H and O–H groups in total. The van der Waals surface area contributed by atoms with Gasteiger partial charge in [-0.25, -0.2) is 0 Å². The highest BCUT2D eigenvalue weighted by Crippen LogP contribution is 2.26. The maximum Gasteiger partial charge on any atom is 0.0991 e. The number of aromatic nitrogens is 1. The highest BCUT2D eigenvalue weighted by atomic mass is 14.7. The van der Waals surface area contributed by atoms with Crippen LogP contribution in [0.2, 0.25) is 0 Å². The van der Waals surface area contributed by atoms with Gasteiger partial charge in [0.25, 0.3) is 0 Å². The zero-order valence-corrected chi connectivity index (χ0v) is 10.0. The Bertz CT molecular complexity index is 548. The lowest BCUT2D eigenvalue weighted by Gasteiger charge is -2.11. The van der Waals surface area contributed by atoms with Gasteiger partial charge in [0.1, 0.15) is 0 Å². The van der Waals surface area contributed by atoms with Gasteiger partial charge < -0.3 is 0 Å². The molecule has 2 rings (SSSR count). The second kappa shape index (κ2) is 4.80. The predicted octanol–water partition coefficient (Wildman–Crippen LogP) is 3.74. The van der Waals surface area contributed by atoms with E-state index in [4.69, 9.17) is 5.26 Å². The van der Waals surface area contributed by atoms with E-state index in [-0.39, 0.29) is 0 Å². The predicted molar refractivity (Wildman–Crippen MR) is 68.5 cm³/mol. The maximum atomic E-state index is 8.78. The number of nitriles is 1. The zero-order valence-electron chi connectivity index (χ0n) is 10.0. The summed E-state index contributed by atoms with van der Waals surface area (Å²) in [4.78, 5) is 4.44. The quantitative estimate of drug-likeness (QED) is 0.776. The first-order chi connectivity index (χ1) is 8.22. The van der Waals surface area contributed by atoms with Crippen LogP contribution in [0.1, 0.15) is 30.9 Å². The van der Waals surface area contributed by atoms with E-state index in [0.29, 0.717) is 11.5 Å². The van der Waals surface area contributed by atoms with Crippen molar-refractivity contribution in [3.05, 3.63) is 53.7 Å². The minimum Gasteiger partial charge on any atom is -0.256 e. The van der Waals surface area contributed by atoms with Crippen molar-refractivity contribution in [1.29, 1.82) is 5.26 Å². The fourth-order valence-corrected chi connectivity index (χ4v) is 1.83. The number of hydrogen-bond donors (Lipinski definition) is 0. The first kappa shape index (κ1) is 11.3. The van der Waals surface area contributed by atoms with Crippen molar-refractivity contribution in [2.75, 3.05) is 0 Å². The van der Waals surface area contributed by atoms with E-state index >= 15 is 0 Å². The van der Waals surface area contributed by atoms with E-state index in [0.717, 1.165) is 11.3 Å². The zero-order chi connectivity index (χ0) is 12.3. The molecule has 0 aliphatic rings. The number of hydrogen-bond acceptors (Lipinski definition) is 2. The summed E-state index contributed by atoms with van der Waals surface area (Å²) in [5.41, 5.74) is 3.98. The van der Waals surface area contributed by atoms with Crippen LogP contribution in [-0.4, -0.2) is 4.98 Å². The summed E-state index contributed by atoms with van der Waals surface area (Å²) < 4.78 is 0. The molecule has 0 saturated carbocycles. The molecule has 2 aromatic rings. The summed E-state index contributed by atoms with van der Waals surface area (Å²) in [6, 6.07) is 13.7. The largest absolute Gasteiger partial charge is 0.256 e. The molecule has 1 heterocycles. The summed E-state index contributed by atoms with van der Waals surface area (Å²) in [5, 5.41) is 8.78. The van der Waals surface area contributed by atoms with Gasteiger partial charge in [-0.2, -0.15) is 5.26 Å². The van der Waals surface area contributed by atoms with Crippen LogP contribution in [0.25, 0.3) is 11.3 Å². The van der Waals surface area contributed by atoms with Crippen LogP contribution in [0.4, 0.5) is 0 Å². The lowest BCUT2D eigenvalue weighted by molar-refractivity contribution is 0.861. The van der Waals surface area contributed by atoms with Gasteiger partial charge in [0.2, 0.25) is 0 Å². The van der Waals surface area contributed by atoms with Crippen LogP contribution in [0, 0.1) is 11.3 Å². The van der Waals surface area contributed by atoms with Gasteiger partial charge in [-0.15, -0.1) is 0 Å². The Labute approximate surface area is 102 Å². The third-order valence-electron chi connectivity index (χ3n) is 2.75. The SMILES string of the molecule is CC(C)c1cccnc1-c1ccc(C#N)cc1. The average molecular weight is 222 g/mol. The van der Waals surface area contributed by atoms with Crippen molar-refractivity contribution in [3.63, 3.8) is 0 Å². The molecule has 84 valence electrons. The molecule has 0 atom stereocenters. The summed E-state index contributed by atoms with van der Waals surface area (Å²) in [5.74, 6) is 0.439. The van der Waals surface area contributed by atoms with Gasteiger partial charge in [-0.05, 0) is 29.7 Å². The molecule has 2 heteroatoms. The third-order valence-corrected chi connectivity index (χ3v) is 2.75. The Morgan fingerprint density at radius 1 is 1.12 bits per heavy atom. The number of rotatable bonds is 2. The van der Waals surface area contributed by atoms with Gasteiger partial charge >= 0.3 is 0 Å². The third kappa shape index (κ3) is 2.34. The van der Waals surface area contributed by atoms with Gasteiger partial charge in [-0.3, -0.25) is 4.98 Å². The molecular formula is C15H14N2. The van der Waals surface area contributed by atoms with E-state index in [1.807, 2.05) is 30.3 Å². The second-order valence-corrected chi connectivity index (χ2v) is 4.29. The number of nitrogens with zero attached hydrogens (tertiary/aromatic N) is 2. The van der Waals surface area contributed by atoms with Crippen molar-refractivity contribution in [2.45, 2.75) is 19.8 Å². The van der Waals surface area contributed by atoms with Crippen molar-refractivity contribution in [3.8, 4) is 17.3 Å². The number of benzene rings is 1. The Morgan fingerprint density at radius 2 is 1.82 bits per heavy atom. The summed E-state index contributed by atoms with van der Waals surface area (Å²) in [7, 11) is 0. The lowest BCUT2D eigenvalue weighted by atomic mass is 9.97. The molecule has 0 spiro atoms. The summed E-state index contributed by atoms with van der Waals surface area (Å²) in [6.45, 7) is 4.31. The van der Waals surface area contributed by atoms with E-state index < -0.39 is 0 Å². The molecule has 0 aliphatic carbocycles. The minimum absolute atomic E-state index is 0.439. The monoisotopic (exact) mass is 222 g/mol. The maximum absolute atomic E-state index is 8.78. The van der Waals surface area contributed by atoms with Gasteiger partial charge in [0.15, 0.2) is 0 Å². The number of pyridine rings is 1. The molecule has 1 aromatic carbocycles. The second-order valence-electron chi connectivity index (χ2n) is 4.29. The summed E-state index contributed by atoms with van der Waals surface area (Å²) >= 11 is 0. The van der Waals surface area contributed by atoms with E-state index in [9.17, 15) is 0 Å². The highest BCUT2D eigenvalue weighted by Gasteiger charge is 2.08. The lowest BCUT2D eigenvalue weighted by Crippen LogP contribution is -1.94. The normalized spacial score (nSPS) is 10.2. The summed E-state index contributed by atoms with van der Waals surface area (Å²) in [6.07, 6.45) is 1.80. The Morgan fingerprint density at radius 3 is 2.41 bits per heavy atom. The standard InChI is InChI=1S/C15H14N2/c1-11(2)14-4-3-9-17-15(14)13-7-5-12(10-16)6-8-13/h3-9,11H,1-2H3. The Hall–Kier alpha value is -2.14. The van der Waals surface area contributed by atoms with Crippen molar-refractivity contribution < 1.29 is 0 Å². The molecule has 0 radical (unpaired) electrons. The molecule has 0 bridgehead atoms. The van der Waals surface area contributed by atoms with Gasteiger partial charge in [0, 0.05) is 11.8 Å². The first-order valence-electron chi connectivity index (χ1n) is 5.68. The fourth-order valence-electron chi connectivity index (χ4n) is 1.83. The molecular weight excluding hydrogens is 208 g/mol. The fraction of sp³-hybridized carbons (Fsp3) is 0.200. The van der Waals surface area contributed by atoms with Crippen LogP contribution >= 0.6 is 0 Å². The van der Waals surface area contributed by atoms with E-state index in [2.05, 4.69) is 31.0 Å². The molecule has 0 saturated heterocycles. The van der Waals surface area contributed by atoms with Crippen molar-refractivity contribution >= 4 is 0 Å². The van der Waals surface area contributed by atoms with Crippen molar-refractivity contribution in [1.82, 2.24) is 4.98 Å². The van der Waals surface area contributed by atoms with Crippen LogP contribution in [0.3, 0.4) is 0 Å². The molecule has 17 heavy (non-hydrogen) atoms. The van der Waals surface area contributed by atoms with E-state index in [1.165, 1.54) is 5.56 Å². The topological polar surface area (TPSA) is 36.7 Å². The van der Waals surface area contributed by atoms with Crippen LogP contribution < -0.4 is 0 Å². The van der Waals surface area contributed by atoms with Crippen molar-refractivity contribution in [2.24, 2.45) is 0 Å². The highest BCUT2D eigenvalue weighted by molar-refractivity contribution is 5.64. The van der Waals surface area contributed by atoms with Crippen LogP contribution in [0.5, 0.6) is 0 Å². The molecule has 0 amide bonds. The molecule has 0 unspecified atom stereocenters. The van der Waals surface area contributed by atoms with E-state index in [1.54, 1.807) is 6.20 Å². The molecule has 2 nitrogen and oxygen atoms in total. The molecule has 0 fully saturated rings. The van der Waals surface area contributed by atoms with Crippen LogP contribution in [-0.2, 0) is 0 Å². The van der Waals surface area contributed by atoms with Gasteiger partial charge in [0.05, 0.1) is 17.3 Å². The molecule has 0 aliphatic heterocycles. The smallest absolute Gasteiger partial charge is 0.0991 e. The first-order valence-corrected chi connectivity index (χ1v) is 5.68.